The summed E-state index contributed by atoms with van der Waals surface area (Å²) in [6.07, 6.45) is 0.627. The Morgan fingerprint density at radius 3 is 2.52 bits per heavy atom. The molecule has 0 fully saturated rings. The molecule has 0 spiro atoms. The topological polar surface area (TPSA) is 43.1 Å². The molecule has 2 nitrogen and oxygen atoms in total. The molecule has 2 aromatic rings. The quantitative estimate of drug-likeness (QED) is 0.834. The van der Waals surface area contributed by atoms with Gasteiger partial charge in [0, 0.05) is 18.5 Å². The Balaban J connectivity index is 1.97. The van der Waals surface area contributed by atoms with E-state index in [0.717, 1.165) is 5.56 Å². The molecule has 21 heavy (non-hydrogen) atoms. The van der Waals surface area contributed by atoms with Gasteiger partial charge in [-0.2, -0.15) is 0 Å². The van der Waals surface area contributed by atoms with Crippen molar-refractivity contribution in [2.45, 2.75) is 25.7 Å². The summed E-state index contributed by atoms with van der Waals surface area (Å²) in [4.78, 5) is 12.1. The Kier molecular flexibility index (Phi) is 4.97. The van der Waals surface area contributed by atoms with Gasteiger partial charge >= 0.3 is 0 Å². The molecule has 110 valence electrons. The van der Waals surface area contributed by atoms with Crippen LogP contribution in [0.25, 0.3) is 0 Å². The van der Waals surface area contributed by atoms with E-state index in [-0.39, 0.29) is 23.1 Å². The lowest BCUT2D eigenvalue weighted by Crippen LogP contribution is -2.08. The lowest BCUT2D eigenvalue weighted by atomic mass is 9.93. The Morgan fingerprint density at radius 1 is 1.24 bits per heavy atom. The summed E-state index contributed by atoms with van der Waals surface area (Å²) in [5.74, 6) is -0.315. The van der Waals surface area contributed by atoms with Gasteiger partial charge in [-0.05, 0) is 41.3 Å². The summed E-state index contributed by atoms with van der Waals surface area (Å²) < 4.78 is 13.3. The van der Waals surface area contributed by atoms with Crippen LogP contribution in [-0.2, 0) is 11.2 Å². The number of anilines is 1. The van der Waals surface area contributed by atoms with Gasteiger partial charge in [0.25, 0.3) is 0 Å². The average Bonchev–Trinajstić information content (AvgIpc) is 2.43. The van der Waals surface area contributed by atoms with Crippen molar-refractivity contribution in [3.8, 4) is 0 Å². The zero-order valence-corrected chi connectivity index (χ0v) is 12.5. The average molecular weight is 306 g/mol. The zero-order valence-electron chi connectivity index (χ0n) is 11.8. The number of nitrogen functional groups attached to an aromatic ring is 1. The van der Waals surface area contributed by atoms with Crippen LogP contribution in [0.4, 0.5) is 10.1 Å². The highest BCUT2D eigenvalue weighted by Gasteiger charge is 2.12. The van der Waals surface area contributed by atoms with Crippen molar-refractivity contribution in [2.75, 3.05) is 5.73 Å². The molecule has 0 aliphatic rings. The number of carbonyl (C=O) groups is 1. The number of hydrogen-bond acceptors (Lipinski definition) is 2. The maximum absolute atomic E-state index is 13.3. The van der Waals surface area contributed by atoms with Crippen LogP contribution in [0.1, 0.15) is 30.4 Å². The Labute approximate surface area is 128 Å². The molecule has 0 saturated carbocycles. The third-order valence-corrected chi connectivity index (χ3v) is 3.73. The van der Waals surface area contributed by atoms with Crippen LogP contribution in [0.15, 0.2) is 42.5 Å². The zero-order chi connectivity index (χ0) is 15.4. The van der Waals surface area contributed by atoms with E-state index >= 15 is 0 Å². The Morgan fingerprint density at radius 2 is 1.90 bits per heavy atom. The first-order valence-corrected chi connectivity index (χ1v) is 7.14. The molecule has 2 rings (SSSR count). The first-order chi connectivity index (χ1) is 9.95. The number of benzene rings is 2. The van der Waals surface area contributed by atoms with E-state index in [0.29, 0.717) is 17.7 Å². The van der Waals surface area contributed by atoms with Crippen LogP contribution in [0.3, 0.4) is 0 Å². The summed E-state index contributed by atoms with van der Waals surface area (Å²) in [5, 5.41) is 0.0708. The second kappa shape index (κ2) is 6.72. The van der Waals surface area contributed by atoms with Gasteiger partial charge in [0.15, 0.2) is 0 Å². The number of hydrogen-bond donors (Lipinski definition) is 1. The fourth-order valence-electron chi connectivity index (χ4n) is 2.23. The maximum Gasteiger partial charge on any atom is 0.142 e. The number of nitrogens with two attached hydrogens (primary N) is 1. The van der Waals surface area contributed by atoms with Crippen molar-refractivity contribution in [1.82, 2.24) is 0 Å². The van der Waals surface area contributed by atoms with Crippen LogP contribution < -0.4 is 5.73 Å². The molecule has 0 bridgehead atoms. The molecule has 0 aliphatic heterocycles. The number of carbonyl (C=O) groups excluding carboxylic acids is 1. The van der Waals surface area contributed by atoms with Crippen LogP contribution in [0.5, 0.6) is 0 Å². The minimum absolute atomic E-state index is 0.0704. The van der Waals surface area contributed by atoms with Gasteiger partial charge in [-0.3, -0.25) is 4.79 Å². The van der Waals surface area contributed by atoms with Crippen molar-refractivity contribution in [1.29, 1.82) is 0 Å². The first-order valence-electron chi connectivity index (χ1n) is 6.77. The molecule has 0 heterocycles. The van der Waals surface area contributed by atoms with Gasteiger partial charge in [0.2, 0.25) is 0 Å². The monoisotopic (exact) mass is 305 g/mol. The van der Waals surface area contributed by atoms with E-state index in [9.17, 15) is 9.18 Å². The summed E-state index contributed by atoms with van der Waals surface area (Å²) in [6.45, 7) is 1.99. The number of rotatable bonds is 5. The lowest BCUT2D eigenvalue weighted by molar-refractivity contribution is -0.118. The van der Waals surface area contributed by atoms with Gasteiger partial charge in [-0.15, -0.1) is 0 Å². The summed E-state index contributed by atoms with van der Waals surface area (Å²) in [5.41, 5.74) is 8.06. The van der Waals surface area contributed by atoms with Crippen molar-refractivity contribution in [3.63, 3.8) is 0 Å². The van der Waals surface area contributed by atoms with Gasteiger partial charge in [0.05, 0.1) is 5.02 Å². The molecule has 4 heteroatoms. The predicted molar refractivity (Wildman–Crippen MR) is 84.0 cm³/mol. The molecule has 0 aliphatic carbocycles. The first kappa shape index (κ1) is 15.5. The standard InChI is InChI=1S/C17H17ClFNO/c1-11(13-3-5-14(20)6-4-13)8-15(21)9-12-2-7-16(18)17(19)10-12/h2-7,10-11H,8-9,20H2,1H3. The number of Topliss-reactive ketones (excluding diaryl/α,β-unsaturated/α-hetero) is 1. The Bertz CT molecular complexity index is 640. The lowest BCUT2D eigenvalue weighted by Gasteiger charge is -2.11. The van der Waals surface area contributed by atoms with Crippen molar-refractivity contribution >= 4 is 23.1 Å². The number of ketones is 1. The minimum Gasteiger partial charge on any atom is -0.399 e. The van der Waals surface area contributed by atoms with E-state index in [1.54, 1.807) is 6.07 Å². The van der Waals surface area contributed by atoms with E-state index in [2.05, 4.69) is 0 Å². The highest BCUT2D eigenvalue weighted by Crippen LogP contribution is 2.22. The van der Waals surface area contributed by atoms with E-state index in [1.165, 1.54) is 12.1 Å². The fourth-order valence-corrected chi connectivity index (χ4v) is 2.35. The SMILES string of the molecule is CC(CC(=O)Cc1ccc(Cl)c(F)c1)c1ccc(N)cc1. The minimum atomic E-state index is -0.492. The second-order valence-electron chi connectivity index (χ2n) is 5.24. The molecular weight excluding hydrogens is 289 g/mol. The predicted octanol–water partition coefficient (Wildman–Crippen LogP) is 4.37. The molecule has 2 N–H and O–H groups in total. The molecule has 0 radical (unpaired) electrons. The van der Waals surface area contributed by atoms with Crippen LogP contribution >= 0.6 is 11.6 Å². The van der Waals surface area contributed by atoms with E-state index < -0.39 is 5.82 Å². The van der Waals surface area contributed by atoms with E-state index in [4.69, 9.17) is 17.3 Å². The normalized spacial score (nSPS) is 12.1. The van der Waals surface area contributed by atoms with Gasteiger partial charge < -0.3 is 5.73 Å². The molecule has 0 saturated heterocycles. The van der Waals surface area contributed by atoms with Crippen LogP contribution in [0.2, 0.25) is 5.02 Å². The third kappa shape index (κ3) is 4.30. The Hall–Kier alpha value is -1.87. The van der Waals surface area contributed by atoms with Gasteiger partial charge in [0.1, 0.15) is 11.6 Å². The molecule has 0 aromatic heterocycles. The van der Waals surface area contributed by atoms with Crippen molar-refractivity contribution < 1.29 is 9.18 Å². The molecule has 1 atom stereocenters. The van der Waals surface area contributed by atoms with Crippen LogP contribution in [0, 0.1) is 5.82 Å². The fraction of sp³-hybridized carbons (Fsp3) is 0.235. The summed E-state index contributed by atoms with van der Waals surface area (Å²) in [6, 6.07) is 12.0. The molecule has 2 aromatic carbocycles. The largest absolute Gasteiger partial charge is 0.399 e. The molecule has 1 unspecified atom stereocenters. The smallest absolute Gasteiger partial charge is 0.142 e. The number of halogens is 2. The molecular formula is C17H17ClFNO. The van der Waals surface area contributed by atoms with Crippen molar-refractivity contribution in [2.24, 2.45) is 0 Å². The van der Waals surface area contributed by atoms with Crippen LogP contribution in [-0.4, -0.2) is 5.78 Å². The van der Waals surface area contributed by atoms with Crippen molar-refractivity contribution in [3.05, 3.63) is 64.4 Å². The second-order valence-corrected chi connectivity index (χ2v) is 5.64. The van der Waals surface area contributed by atoms with Gasteiger partial charge in [-0.1, -0.05) is 36.7 Å². The van der Waals surface area contributed by atoms with Gasteiger partial charge in [-0.25, -0.2) is 4.39 Å². The van der Waals surface area contributed by atoms with E-state index in [1.807, 2.05) is 31.2 Å². The highest BCUT2D eigenvalue weighted by molar-refractivity contribution is 6.30. The third-order valence-electron chi connectivity index (χ3n) is 3.42. The summed E-state index contributed by atoms with van der Waals surface area (Å²) >= 11 is 5.62. The highest BCUT2D eigenvalue weighted by atomic mass is 35.5. The molecule has 0 amide bonds. The summed E-state index contributed by atoms with van der Waals surface area (Å²) in [7, 11) is 0. The maximum atomic E-state index is 13.3.